The van der Waals surface area contributed by atoms with Crippen LogP contribution >= 0.6 is 0 Å². The first-order valence-corrected chi connectivity index (χ1v) is 7.81. The Morgan fingerprint density at radius 2 is 1.73 bits per heavy atom. The van der Waals surface area contributed by atoms with E-state index in [-0.39, 0.29) is 12.7 Å². The van der Waals surface area contributed by atoms with E-state index in [0.717, 1.165) is 17.9 Å². The number of carbonyl (C=O) groups is 1. The lowest BCUT2D eigenvalue weighted by molar-refractivity contribution is 0.125. The van der Waals surface area contributed by atoms with E-state index in [4.69, 9.17) is 14.2 Å². The summed E-state index contributed by atoms with van der Waals surface area (Å²) in [7, 11) is 0. The molecular weight excluding hydrogens is 282 g/mol. The van der Waals surface area contributed by atoms with Crippen molar-refractivity contribution in [3.8, 4) is 11.5 Å². The molecule has 1 aromatic carbocycles. The van der Waals surface area contributed by atoms with E-state index in [1.54, 1.807) is 0 Å². The van der Waals surface area contributed by atoms with Crippen LogP contribution in [0.15, 0.2) is 24.3 Å². The number of alkyl carbamates (subject to hydrolysis) is 1. The molecule has 0 aliphatic heterocycles. The molecule has 1 amide bonds. The van der Waals surface area contributed by atoms with Gasteiger partial charge in [0, 0.05) is 6.54 Å². The first kappa shape index (κ1) is 18.1. The summed E-state index contributed by atoms with van der Waals surface area (Å²) >= 11 is 0. The first-order chi connectivity index (χ1) is 10.5. The Morgan fingerprint density at radius 3 is 2.32 bits per heavy atom. The van der Waals surface area contributed by atoms with Gasteiger partial charge in [-0.05, 0) is 50.5 Å². The number of benzene rings is 1. The maximum Gasteiger partial charge on any atom is 0.407 e. The maximum absolute atomic E-state index is 11.1. The van der Waals surface area contributed by atoms with Crippen molar-refractivity contribution < 1.29 is 19.0 Å². The molecular formula is C17H27NO4. The zero-order chi connectivity index (χ0) is 16.4. The number of nitrogens with one attached hydrogen (secondary N) is 1. The Labute approximate surface area is 132 Å². The molecule has 0 fully saturated rings. The fourth-order valence-corrected chi connectivity index (χ4v) is 2.05. The van der Waals surface area contributed by atoms with Crippen molar-refractivity contribution in [2.24, 2.45) is 5.92 Å². The van der Waals surface area contributed by atoms with Crippen molar-refractivity contribution in [1.29, 1.82) is 0 Å². The molecule has 1 rings (SSSR count). The molecule has 0 saturated carbocycles. The molecule has 1 unspecified atom stereocenters. The van der Waals surface area contributed by atoms with E-state index in [0.29, 0.717) is 19.1 Å². The van der Waals surface area contributed by atoms with Gasteiger partial charge in [0.1, 0.15) is 24.7 Å². The van der Waals surface area contributed by atoms with Crippen molar-refractivity contribution in [3.05, 3.63) is 24.3 Å². The molecule has 0 spiro atoms. The van der Waals surface area contributed by atoms with Gasteiger partial charge in [-0.1, -0.05) is 13.8 Å². The summed E-state index contributed by atoms with van der Waals surface area (Å²) in [6.07, 6.45) is 0.793. The molecule has 0 aliphatic carbocycles. The molecule has 0 bridgehead atoms. The van der Waals surface area contributed by atoms with E-state index in [1.807, 2.05) is 31.2 Å². The minimum absolute atomic E-state index is 0.192. The Bertz CT molecular complexity index is 431. The molecule has 0 aliphatic rings. The Balaban J connectivity index is 2.28. The lowest BCUT2D eigenvalue weighted by Gasteiger charge is -2.16. The quantitative estimate of drug-likeness (QED) is 0.708. The maximum atomic E-state index is 11.1. The standard InChI is InChI=1S/C17H27NO4/c1-5-18-17(19)21-11-10-20-15-6-8-16(9-7-15)22-14(4)12-13(2)3/h6-9,13-14H,5,10-12H2,1-4H3,(H,18,19). The monoisotopic (exact) mass is 309 g/mol. The third-order valence-electron chi connectivity index (χ3n) is 2.87. The molecule has 124 valence electrons. The second-order valence-corrected chi connectivity index (χ2v) is 5.54. The topological polar surface area (TPSA) is 56.8 Å². The highest BCUT2D eigenvalue weighted by Gasteiger charge is 2.07. The summed E-state index contributed by atoms with van der Waals surface area (Å²) in [5.74, 6) is 2.17. The second kappa shape index (κ2) is 9.92. The lowest BCUT2D eigenvalue weighted by Crippen LogP contribution is -2.25. The SMILES string of the molecule is CCNC(=O)OCCOc1ccc(OC(C)CC(C)C)cc1. The summed E-state index contributed by atoms with van der Waals surface area (Å²) < 4.78 is 16.2. The van der Waals surface area contributed by atoms with E-state index >= 15 is 0 Å². The number of hydrogen-bond donors (Lipinski definition) is 1. The van der Waals surface area contributed by atoms with Gasteiger partial charge in [0.25, 0.3) is 0 Å². The minimum Gasteiger partial charge on any atom is -0.491 e. The van der Waals surface area contributed by atoms with Crippen LogP contribution < -0.4 is 14.8 Å². The van der Waals surface area contributed by atoms with Crippen molar-refractivity contribution in [3.63, 3.8) is 0 Å². The molecule has 5 nitrogen and oxygen atoms in total. The van der Waals surface area contributed by atoms with Crippen molar-refractivity contribution in [1.82, 2.24) is 5.32 Å². The van der Waals surface area contributed by atoms with Crippen LogP contribution in [0.3, 0.4) is 0 Å². The van der Waals surface area contributed by atoms with Gasteiger partial charge in [0.05, 0.1) is 6.10 Å². The fraction of sp³-hybridized carbons (Fsp3) is 0.588. The summed E-state index contributed by atoms with van der Waals surface area (Å²) in [5.41, 5.74) is 0. The number of ether oxygens (including phenoxy) is 3. The summed E-state index contributed by atoms with van der Waals surface area (Å²) in [6, 6.07) is 7.47. The number of carbonyl (C=O) groups excluding carboxylic acids is 1. The van der Waals surface area contributed by atoms with Crippen LogP contribution in [0.4, 0.5) is 4.79 Å². The summed E-state index contributed by atoms with van der Waals surface area (Å²) in [5, 5.41) is 2.55. The van der Waals surface area contributed by atoms with Crippen LogP contribution in [0, 0.1) is 5.92 Å². The Kier molecular flexibility index (Phi) is 8.18. The number of amides is 1. The molecule has 22 heavy (non-hydrogen) atoms. The summed E-state index contributed by atoms with van der Waals surface area (Å²) in [4.78, 5) is 11.1. The molecule has 0 aromatic heterocycles. The molecule has 1 N–H and O–H groups in total. The molecule has 1 aromatic rings. The van der Waals surface area contributed by atoms with Crippen LogP contribution in [-0.2, 0) is 4.74 Å². The van der Waals surface area contributed by atoms with E-state index in [1.165, 1.54) is 0 Å². The predicted molar refractivity (Wildman–Crippen MR) is 86.5 cm³/mol. The van der Waals surface area contributed by atoms with E-state index < -0.39 is 6.09 Å². The molecule has 0 heterocycles. The second-order valence-electron chi connectivity index (χ2n) is 5.54. The Morgan fingerprint density at radius 1 is 1.09 bits per heavy atom. The zero-order valence-corrected chi connectivity index (χ0v) is 13.9. The number of hydrogen-bond acceptors (Lipinski definition) is 4. The molecule has 0 saturated heterocycles. The molecule has 1 atom stereocenters. The predicted octanol–water partition coefficient (Wildman–Crippen LogP) is 3.62. The number of rotatable bonds is 9. The molecule has 5 heteroatoms. The van der Waals surface area contributed by atoms with Crippen molar-refractivity contribution in [2.75, 3.05) is 19.8 Å². The first-order valence-electron chi connectivity index (χ1n) is 7.81. The van der Waals surface area contributed by atoms with Gasteiger partial charge in [-0.15, -0.1) is 0 Å². The van der Waals surface area contributed by atoms with Crippen molar-refractivity contribution in [2.45, 2.75) is 40.2 Å². The minimum atomic E-state index is -0.422. The van der Waals surface area contributed by atoms with Crippen LogP contribution in [0.2, 0.25) is 0 Å². The van der Waals surface area contributed by atoms with Gasteiger partial charge < -0.3 is 19.5 Å². The third-order valence-corrected chi connectivity index (χ3v) is 2.87. The average Bonchev–Trinajstić information content (AvgIpc) is 2.44. The third kappa shape index (κ3) is 7.76. The van der Waals surface area contributed by atoms with Gasteiger partial charge in [-0.3, -0.25) is 0 Å². The van der Waals surface area contributed by atoms with E-state index in [2.05, 4.69) is 26.1 Å². The van der Waals surface area contributed by atoms with E-state index in [9.17, 15) is 4.79 Å². The van der Waals surface area contributed by atoms with Crippen LogP contribution in [0.25, 0.3) is 0 Å². The highest BCUT2D eigenvalue weighted by molar-refractivity contribution is 5.66. The highest BCUT2D eigenvalue weighted by atomic mass is 16.6. The smallest absolute Gasteiger partial charge is 0.407 e. The van der Waals surface area contributed by atoms with Gasteiger partial charge in [-0.2, -0.15) is 0 Å². The van der Waals surface area contributed by atoms with Gasteiger partial charge in [-0.25, -0.2) is 4.79 Å². The van der Waals surface area contributed by atoms with Crippen LogP contribution in [-0.4, -0.2) is 32.0 Å². The Hall–Kier alpha value is -1.91. The summed E-state index contributed by atoms with van der Waals surface area (Å²) in [6.45, 7) is 9.36. The van der Waals surface area contributed by atoms with Crippen LogP contribution in [0.5, 0.6) is 11.5 Å². The highest BCUT2D eigenvalue weighted by Crippen LogP contribution is 2.20. The van der Waals surface area contributed by atoms with Crippen LogP contribution in [0.1, 0.15) is 34.1 Å². The average molecular weight is 309 g/mol. The normalized spacial score (nSPS) is 11.9. The fourth-order valence-electron chi connectivity index (χ4n) is 2.05. The van der Waals surface area contributed by atoms with Gasteiger partial charge >= 0.3 is 6.09 Å². The lowest BCUT2D eigenvalue weighted by atomic mass is 10.1. The largest absolute Gasteiger partial charge is 0.491 e. The van der Waals surface area contributed by atoms with Gasteiger partial charge in [0.2, 0.25) is 0 Å². The van der Waals surface area contributed by atoms with Gasteiger partial charge in [0.15, 0.2) is 0 Å². The zero-order valence-electron chi connectivity index (χ0n) is 13.9. The molecule has 0 radical (unpaired) electrons. The van der Waals surface area contributed by atoms with Crippen molar-refractivity contribution >= 4 is 6.09 Å².